The van der Waals surface area contributed by atoms with Crippen molar-refractivity contribution >= 4 is 29.1 Å². The van der Waals surface area contributed by atoms with Crippen molar-refractivity contribution in [3.8, 4) is 0 Å². The van der Waals surface area contributed by atoms with Gasteiger partial charge in [-0.25, -0.2) is 0 Å². The van der Waals surface area contributed by atoms with Gasteiger partial charge in [-0.3, -0.25) is 9.59 Å². The lowest BCUT2D eigenvalue weighted by Gasteiger charge is -2.26. The molecule has 0 aliphatic carbocycles. The minimum atomic E-state index is -0.157. The summed E-state index contributed by atoms with van der Waals surface area (Å²) in [5.74, 6) is -0.213. The molecule has 0 fully saturated rings. The van der Waals surface area contributed by atoms with Crippen LogP contribution in [-0.4, -0.2) is 36.3 Å². The quantitative estimate of drug-likeness (QED) is 0.838. The Morgan fingerprint density at radius 2 is 1.80 bits per heavy atom. The first-order valence-electron chi connectivity index (χ1n) is 6.72. The molecule has 1 aromatic carbocycles. The van der Waals surface area contributed by atoms with E-state index in [2.05, 4.69) is 0 Å². The van der Waals surface area contributed by atoms with Crippen molar-refractivity contribution in [1.29, 1.82) is 0 Å². The lowest BCUT2D eigenvalue weighted by molar-refractivity contribution is -0.130. The van der Waals surface area contributed by atoms with E-state index in [4.69, 9.17) is 11.6 Å². The van der Waals surface area contributed by atoms with Gasteiger partial charge in [0.1, 0.15) is 6.54 Å². The van der Waals surface area contributed by atoms with Gasteiger partial charge in [0.05, 0.1) is 0 Å². The molecule has 0 saturated carbocycles. The summed E-state index contributed by atoms with van der Waals surface area (Å²) in [4.78, 5) is 27.2. The molecule has 0 radical (unpaired) electrons. The molecule has 0 aromatic heterocycles. The summed E-state index contributed by atoms with van der Waals surface area (Å²) in [6.45, 7) is 8.52. The molecular formula is C15H21ClN2O2. The fraction of sp³-hybridized carbons (Fsp3) is 0.467. The molecule has 5 heteroatoms. The first-order valence-corrected chi connectivity index (χ1v) is 7.10. The Hall–Kier alpha value is -1.55. The molecule has 0 bridgehead atoms. The predicted octanol–water partition coefficient (Wildman–Crippen LogP) is 2.87. The molecule has 0 aliphatic heterocycles. The maximum Gasteiger partial charge on any atom is 0.242 e. The van der Waals surface area contributed by atoms with Gasteiger partial charge in [-0.15, -0.1) is 0 Å². The maximum atomic E-state index is 12.2. The SMILES string of the molecule is CCN(CC)C(=O)CN(C(C)=O)c1ccc(Cl)cc1C. The number of rotatable bonds is 5. The number of nitrogens with zero attached hydrogens (tertiary/aromatic N) is 2. The highest BCUT2D eigenvalue weighted by molar-refractivity contribution is 6.30. The molecule has 0 atom stereocenters. The van der Waals surface area contributed by atoms with Crippen molar-refractivity contribution in [3.05, 3.63) is 28.8 Å². The summed E-state index contributed by atoms with van der Waals surface area (Å²) < 4.78 is 0. The molecule has 0 unspecified atom stereocenters. The molecule has 0 saturated heterocycles. The standard InChI is InChI=1S/C15H21ClN2O2/c1-5-17(6-2)15(20)10-18(12(4)19)14-8-7-13(16)9-11(14)3/h7-9H,5-6,10H2,1-4H3. The number of hydrogen-bond acceptors (Lipinski definition) is 2. The number of carbonyl (C=O) groups excluding carboxylic acids is 2. The lowest BCUT2D eigenvalue weighted by atomic mass is 10.1. The first kappa shape index (κ1) is 16.5. The Labute approximate surface area is 125 Å². The molecule has 1 rings (SSSR count). The summed E-state index contributed by atoms with van der Waals surface area (Å²) in [5.41, 5.74) is 1.60. The average Bonchev–Trinajstić information content (AvgIpc) is 2.38. The third-order valence-corrected chi connectivity index (χ3v) is 3.47. The van der Waals surface area contributed by atoms with E-state index in [1.807, 2.05) is 20.8 Å². The minimum absolute atomic E-state index is 0.0550. The number of aryl methyl sites for hydroxylation is 1. The lowest BCUT2D eigenvalue weighted by Crippen LogP contribution is -2.42. The van der Waals surface area contributed by atoms with E-state index in [0.717, 1.165) is 11.3 Å². The summed E-state index contributed by atoms with van der Waals surface area (Å²) in [5, 5.41) is 0.616. The van der Waals surface area contributed by atoms with Crippen LogP contribution in [0.2, 0.25) is 5.02 Å². The van der Waals surface area contributed by atoms with E-state index >= 15 is 0 Å². The Morgan fingerprint density at radius 3 is 2.25 bits per heavy atom. The molecule has 2 amide bonds. The molecular weight excluding hydrogens is 276 g/mol. The minimum Gasteiger partial charge on any atom is -0.342 e. The second-order valence-electron chi connectivity index (χ2n) is 4.60. The fourth-order valence-corrected chi connectivity index (χ4v) is 2.33. The number of anilines is 1. The van der Waals surface area contributed by atoms with E-state index in [1.54, 1.807) is 23.1 Å². The Kier molecular flexibility index (Phi) is 6.02. The van der Waals surface area contributed by atoms with E-state index in [-0.39, 0.29) is 18.4 Å². The molecule has 0 spiro atoms. The largest absolute Gasteiger partial charge is 0.342 e. The number of halogens is 1. The molecule has 1 aromatic rings. The third kappa shape index (κ3) is 3.97. The molecule has 20 heavy (non-hydrogen) atoms. The monoisotopic (exact) mass is 296 g/mol. The normalized spacial score (nSPS) is 10.2. The van der Waals surface area contributed by atoms with Crippen LogP contribution < -0.4 is 4.90 Å². The number of carbonyl (C=O) groups is 2. The predicted molar refractivity (Wildman–Crippen MR) is 82.1 cm³/mol. The van der Waals surface area contributed by atoms with E-state index < -0.39 is 0 Å². The zero-order valence-corrected chi connectivity index (χ0v) is 13.2. The molecule has 0 heterocycles. The maximum absolute atomic E-state index is 12.2. The number of benzene rings is 1. The van der Waals surface area contributed by atoms with Crippen LogP contribution in [-0.2, 0) is 9.59 Å². The highest BCUT2D eigenvalue weighted by atomic mass is 35.5. The van der Waals surface area contributed by atoms with Gasteiger partial charge in [-0.05, 0) is 44.5 Å². The second-order valence-corrected chi connectivity index (χ2v) is 5.04. The highest BCUT2D eigenvalue weighted by Crippen LogP contribution is 2.23. The average molecular weight is 297 g/mol. The van der Waals surface area contributed by atoms with Gasteiger partial charge in [-0.2, -0.15) is 0 Å². The first-order chi connectivity index (χ1) is 9.40. The fourth-order valence-electron chi connectivity index (χ4n) is 2.10. The van der Waals surface area contributed by atoms with Crippen LogP contribution in [0.5, 0.6) is 0 Å². The smallest absolute Gasteiger partial charge is 0.242 e. The Balaban J connectivity index is 3.01. The summed E-state index contributed by atoms with van der Waals surface area (Å²) >= 11 is 5.92. The van der Waals surface area contributed by atoms with Crippen LogP contribution in [0, 0.1) is 6.92 Å². The molecule has 0 N–H and O–H groups in total. The number of amides is 2. The topological polar surface area (TPSA) is 40.6 Å². The van der Waals surface area contributed by atoms with Gasteiger partial charge in [0.25, 0.3) is 0 Å². The van der Waals surface area contributed by atoms with Crippen molar-refractivity contribution in [2.45, 2.75) is 27.7 Å². The van der Waals surface area contributed by atoms with Crippen LogP contribution >= 0.6 is 11.6 Å². The van der Waals surface area contributed by atoms with Crippen molar-refractivity contribution < 1.29 is 9.59 Å². The van der Waals surface area contributed by atoms with Crippen LogP contribution in [0.25, 0.3) is 0 Å². The highest BCUT2D eigenvalue weighted by Gasteiger charge is 2.20. The van der Waals surface area contributed by atoms with Gasteiger partial charge in [0, 0.05) is 30.7 Å². The summed E-state index contributed by atoms with van der Waals surface area (Å²) in [6.07, 6.45) is 0. The van der Waals surface area contributed by atoms with E-state index in [1.165, 1.54) is 11.8 Å². The summed E-state index contributed by atoms with van der Waals surface area (Å²) in [6, 6.07) is 5.28. The summed E-state index contributed by atoms with van der Waals surface area (Å²) in [7, 11) is 0. The second kappa shape index (κ2) is 7.29. The number of likely N-dealkylation sites (N-methyl/N-ethyl adjacent to an activating group) is 1. The molecule has 4 nitrogen and oxygen atoms in total. The zero-order chi connectivity index (χ0) is 15.3. The van der Waals surface area contributed by atoms with Crippen LogP contribution in [0.4, 0.5) is 5.69 Å². The van der Waals surface area contributed by atoms with Gasteiger partial charge >= 0.3 is 0 Å². The van der Waals surface area contributed by atoms with Crippen LogP contribution in [0.1, 0.15) is 26.3 Å². The third-order valence-electron chi connectivity index (χ3n) is 3.24. The Bertz CT molecular complexity index is 499. The van der Waals surface area contributed by atoms with E-state index in [9.17, 15) is 9.59 Å². The number of hydrogen-bond donors (Lipinski definition) is 0. The van der Waals surface area contributed by atoms with Gasteiger partial charge in [0.15, 0.2) is 0 Å². The van der Waals surface area contributed by atoms with Crippen molar-refractivity contribution in [2.75, 3.05) is 24.5 Å². The van der Waals surface area contributed by atoms with Gasteiger partial charge in [0.2, 0.25) is 11.8 Å². The van der Waals surface area contributed by atoms with Crippen molar-refractivity contribution in [2.24, 2.45) is 0 Å². The van der Waals surface area contributed by atoms with E-state index in [0.29, 0.717) is 18.1 Å². The van der Waals surface area contributed by atoms with Crippen molar-refractivity contribution in [1.82, 2.24) is 4.90 Å². The van der Waals surface area contributed by atoms with Crippen LogP contribution in [0.3, 0.4) is 0 Å². The molecule has 110 valence electrons. The van der Waals surface area contributed by atoms with Crippen molar-refractivity contribution in [3.63, 3.8) is 0 Å². The Morgan fingerprint density at radius 1 is 1.20 bits per heavy atom. The molecule has 0 aliphatic rings. The van der Waals surface area contributed by atoms with Gasteiger partial charge in [-0.1, -0.05) is 11.6 Å². The zero-order valence-electron chi connectivity index (χ0n) is 12.4. The van der Waals surface area contributed by atoms with Gasteiger partial charge < -0.3 is 9.80 Å². The van der Waals surface area contributed by atoms with Crippen LogP contribution in [0.15, 0.2) is 18.2 Å².